The molecule has 0 spiro atoms. The fourth-order valence-electron chi connectivity index (χ4n) is 5.16. The summed E-state index contributed by atoms with van der Waals surface area (Å²) in [4.78, 5) is 90.4. The van der Waals surface area contributed by atoms with Crippen molar-refractivity contribution in [1.82, 2.24) is 15.5 Å². The van der Waals surface area contributed by atoms with Crippen LogP contribution in [0.15, 0.2) is 27.1 Å². The minimum Gasteiger partial charge on any atom is -0.386 e. The largest absolute Gasteiger partial charge is 0.481 e. The van der Waals surface area contributed by atoms with E-state index in [4.69, 9.17) is 24.0 Å². The van der Waals surface area contributed by atoms with E-state index in [2.05, 4.69) is 42.6 Å². The van der Waals surface area contributed by atoms with Gasteiger partial charge in [-0.25, -0.2) is 28.6 Å². The number of nitrogens with zero attached hydrogens (tertiary/aromatic N) is 4. The number of nitrogens with one attached hydrogen (secondary N) is 2. The topological polar surface area (TPSA) is 360 Å². The molecular formula is C26H44N7O17P3S. The highest BCUT2D eigenvalue weighted by Gasteiger charge is 2.61. The number of hydrogen-bond donors (Lipinski definition) is 10. The van der Waals surface area contributed by atoms with Gasteiger partial charge in [0.1, 0.15) is 42.7 Å². The second-order valence-electron chi connectivity index (χ2n) is 12.4. The van der Waals surface area contributed by atoms with Crippen LogP contribution in [0.25, 0.3) is 0 Å². The molecule has 0 aromatic heterocycles. The Kier molecular flexibility index (Phi) is 16.0. The number of thiol groups is 1. The van der Waals surface area contributed by atoms with Crippen molar-refractivity contribution < 1.29 is 80.5 Å². The van der Waals surface area contributed by atoms with E-state index >= 15 is 0 Å². The molecule has 0 radical (unpaired) electrons. The van der Waals surface area contributed by atoms with E-state index < -0.39 is 96.8 Å². The van der Waals surface area contributed by atoms with Crippen LogP contribution in [0, 0.1) is 5.41 Å². The Morgan fingerprint density at radius 3 is 2.46 bits per heavy atom. The molecule has 3 aliphatic rings. The van der Waals surface area contributed by atoms with Crippen molar-refractivity contribution in [2.24, 2.45) is 26.1 Å². The number of hydrogen-bond acceptors (Lipinski definition) is 19. The zero-order valence-electron chi connectivity index (χ0n) is 29.1. The maximum atomic E-state index is 13.5. The van der Waals surface area contributed by atoms with Gasteiger partial charge in [-0.05, 0) is 12.5 Å². The summed E-state index contributed by atoms with van der Waals surface area (Å²) in [7, 11) is -16.6. The normalized spacial score (nSPS) is 27.4. The minimum atomic E-state index is -5.63. The standard InChI is InChI=1S/C26H44N7O17P3S/c1-4-5-6-16(34)26-20(22(27)30-13-32-26)31-14-33(26)24-18(36)19(49-51(39,40)41)15(48-24)11-46-52(42,43)50-53(44,45)47-12-25(2,3)21(37)23(38)29-8-7-17(35)28-9-10-54/h5-6,13,15,18-19,21,24,36-37,54H,4,7-12,14H2,1-3H3,(H,28,35)(H,29,38)(H,42,43)(H,44,45)(H2,27,30,32)(H2,39,40,41)/t15-,18-,19-,21+,24-,26?/m1/s1. The van der Waals surface area contributed by atoms with Crippen LogP contribution in [-0.4, -0.2) is 145 Å². The number of aliphatic hydroxyl groups excluding tert-OH is 2. The van der Waals surface area contributed by atoms with Crippen LogP contribution in [0.4, 0.5) is 0 Å². The van der Waals surface area contributed by atoms with Crippen LogP contribution < -0.4 is 16.4 Å². The Bertz CT molecular complexity index is 1680. The van der Waals surface area contributed by atoms with Gasteiger partial charge in [0.15, 0.2) is 5.84 Å². The lowest BCUT2D eigenvalue weighted by atomic mass is 9.87. The van der Waals surface area contributed by atoms with Crippen molar-refractivity contribution in [2.75, 3.05) is 38.7 Å². The number of phosphoric ester groups is 3. The van der Waals surface area contributed by atoms with E-state index in [1.165, 1.54) is 26.0 Å². The average Bonchev–Trinajstić information content (AvgIpc) is 3.61. The smallest absolute Gasteiger partial charge is 0.386 e. The van der Waals surface area contributed by atoms with Crippen molar-refractivity contribution >= 4 is 71.6 Å². The van der Waals surface area contributed by atoms with Crippen LogP contribution in [0.3, 0.4) is 0 Å². The lowest BCUT2D eigenvalue weighted by molar-refractivity contribution is -0.140. The fourth-order valence-corrected chi connectivity index (χ4v) is 8.10. The Hall–Kier alpha value is -2.28. The van der Waals surface area contributed by atoms with E-state index in [0.29, 0.717) is 18.7 Å². The Morgan fingerprint density at radius 2 is 1.83 bits per heavy atom. The zero-order valence-corrected chi connectivity index (χ0v) is 32.7. The summed E-state index contributed by atoms with van der Waals surface area (Å²) in [6.07, 6.45) is -5.49. The van der Waals surface area contributed by atoms with Gasteiger partial charge >= 0.3 is 23.5 Å². The predicted octanol–water partition coefficient (Wildman–Crippen LogP) is -1.92. The van der Waals surface area contributed by atoms with Crippen molar-refractivity contribution in [3.8, 4) is 0 Å². The number of carbonyl (C=O) groups is 3. The molecule has 3 rings (SSSR count). The lowest BCUT2D eigenvalue weighted by Gasteiger charge is -2.38. The van der Waals surface area contributed by atoms with Crippen molar-refractivity contribution in [3.63, 3.8) is 0 Å². The summed E-state index contributed by atoms with van der Waals surface area (Å²) in [5, 5.41) is 26.5. The highest BCUT2D eigenvalue weighted by atomic mass is 32.1. The molecule has 0 aliphatic carbocycles. The van der Waals surface area contributed by atoms with Gasteiger partial charge in [-0.2, -0.15) is 16.9 Å². The van der Waals surface area contributed by atoms with Gasteiger partial charge < -0.3 is 50.9 Å². The third-order valence-corrected chi connectivity index (χ3v) is 11.1. The van der Waals surface area contributed by atoms with Crippen molar-refractivity contribution in [3.05, 3.63) is 12.2 Å². The minimum absolute atomic E-state index is 0.115. The summed E-state index contributed by atoms with van der Waals surface area (Å²) in [5.41, 5.74) is 2.19. The average molecular weight is 852 g/mol. The molecule has 3 unspecified atom stereocenters. The van der Waals surface area contributed by atoms with E-state index in [1.807, 2.05) is 0 Å². The molecule has 0 aromatic rings. The van der Waals surface area contributed by atoms with Crippen molar-refractivity contribution in [1.29, 1.82) is 0 Å². The third kappa shape index (κ3) is 11.9. The number of phosphoric acid groups is 3. The summed E-state index contributed by atoms with van der Waals surface area (Å²) in [6, 6.07) is 0. The molecule has 24 nitrogen and oxygen atoms in total. The first-order valence-corrected chi connectivity index (χ1v) is 21.1. The van der Waals surface area contributed by atoms with Gasteiger partial charge in [-0.3, -0.25) is 32.9 Å². The van der Waals surface area contributed by atoms with Crippen LogP contribution in [0.1, 0.15) is 33.6 Å². The molecule has 10 N–H and O–H groups in total. The molecule has 0 aromatic carbocycles. The van der Waals surface area contributed by atoms with Gasteiger partial charge in [-0.15, -0.1) is 0 Å². The Morgan fingerprint density at radius 1 is 1.17 bits per heavy atom. The number of ketones is 1. The van der Waals surface area contributed by atoms with E-state index in [9.17, 15) is 57.9 Å². The van der Waals surface area contributed by atoms with Crippen LogP contribution in [-0.2, 0) is 50.7 Å². The second kappa shape index (κ2) is 18.8. The van der Waals surface area contributed by atoms with E-state index in [-0.39, 0.29) is 30.4 Å². The Labute approximate surface area is 314 Å². The molecule has 1 saturated heterocycles. The molecule has 2 amide bonds. The number of carbonyl (C=O) groups excluding carboxylic acids is 3. The summed E-state index contributed by atoms with van der Waals surface area (Å²) >= 11 is 3.95. The van der Waals surface area contributed by atoms with Gasteiger partial charge in [0.25, 0.3) is 0 Å². The number of ether oxygens (including phenoxy) is 1. The van der Waals surface area contributed by atoms with Gasteiger partial charge in [-0.1, -0.05) is 26.8 Å². The lowest BCUT2D eigenvalue weighted by Crippen LogP contribution is -2.63. The molecule has 306 valence electrons. The second-order valence-corrected chi connectivity index (χ2v) is 17.1. The highest BCUT2D eigenvalue weighted by molar-refractivity contribution is 7.80. The molecule has 8 atom stereocenters. The summed E-state index contributed by atoms with van der Waals surface area (Å²) in [6.45, 7) is 1.89. The third-order valence-electron chi connectivity index (χ3n) is 7.82. The van der Waals surface area contributed by atoms with Crippen molar-refractivity contribution in [2.45, 2.75) is 69.9 Å². The first-order chi connectivity index (χ1) is 25.0. The van der Waals surface area contributed by atoms with Gasteiger partial charge in [0, 0.05) is 30.7 Å². The maximum absolute atomic E-state index is 13.5. The number of rotatable bonds is 21. The molecule has 0 bridgehead atoms. The molecule has 0 saturated carbocycles. The number of aliphatic hydroxyl groups is 2. The zero-order chi connectivity index (χ0) is 40.7. The number of amides is 2. The number of allylic oxidation sites excluding steroid dienone is 1. The van der Waals surface area contributed by atoms with Gasteiger partial charge in [0.2, 0.25) is 23.3 Å². The number of nitrogens with two attached hydrogens (primary N) is 1. The first kappa shape index (κ1) is 46.1. The predicted molar refractivity (Wildman–Crippen MR) is 190 cm³/mol. The first-order valence-electron chi connectivity index (χ1n) is 16.0. The molecular weight excluding hydrogens is 807 g/mol. The summed E-state index contributed by atoms with van der Waals surface area (Å²) < 4.78 is 61.5. The number of amidine groups is 1. The highest BCUT2D eigenvalue weighted by Crippen LogP contribution is 2.61. The van der Waals surface area contributed by atoms with E-state index in [0.717, 1.165) is 11.2 Å². The van der Waals surface area contributed by atoms with E-state index in [1.54, 1.807) is 6.92 Å². The summed E-state index contributed by atoms with van der Waals surface area (Å²) in [5.74, 6) is -1.85. The molecule has 1 fully saturated rings. The van der Waals surface area contributed by atoms with Crippen LogP contribution in [0.2, 0.25) is 0 Å². The molecule has 3 aliphatic heterocycles. The number of fused-ring (bicyclic) bond motifs is 1. The van der Waals surface area contributed by atoms with Gasteiger partial charge in [0.05, 0.1) is 19.9 Å². The fraction of sp³-hybridized carbons (Fsp3) is 0.692. The molecule has 3 heterocycles. The Balaban J connectivity index is 1.69. The SMILES string of the molecule is CCC=CC(=O)C12N=CN=C(N)C1=NCN2[C@@H]1O[C@H](COP(=O)(O)OP(=O)(O)OCC(C)(C)[C@@H](O)C(=O)NCCC(=O)NCCS)[C@@H](OP(=O)(O)O)[C@H]1O. The van der Waals surface area contributed by atoms with Crippen LogP contribution >= 0.6 is 36.1 Å². The quantitative estimate of drug-likeness (QED) is 0.0342. The monoisotopic (exact) mass is 851 g/mol. The maximum Gasteiger partial charge on any atom is 0.481 e. The molecule has 28 heteroatoms. The molecule has 54 heavy (non-hydrogen) atoms. The van der Waals surface area contributed by atoms with Crippen LogP contribution in [0.5, 0.6) is 0 Å². The number of aliphatic imine (C=N–C) groups is 3.